The second kappa shape index (κ2) is 6.30. The molecule has 0 saturated heterocycles. The van der Waals surface area contributed by atoms with E-state index < -0.39 is 0 Å². The zero-order chi connectivity index (χ0) is 13.7. The monoisotopic (exact) mass is 272 g/mol. The first-order valence-corrected chi connectivity index (χ1v) is 6.40. The highest BCUT2D eigenvalue weighted by Gasteiger charge is 2.06. The van der Waals surface area contributed by atoms with E-state index in [4.69, 9.17) is 11.6 Å². The van der Waals surface area contributed by atoms with E-state index in [1.54, 1.807) is 24.3 Å². The molecule has 0 aliphatic carbocycles. The molecule has 0 spiro atoms. The van der Waals surface area contributed by atoms with Crippen LogP contribution in [0.3, 0.4) is 0 Å². The number of ketones is 1. The van der Waals surface area contributed by atoms with E-state index in [0.29, 0.717) is 29.0 Å². The largest absolute Gasteiger partial charge is 0.298 e. The Kier molecular flexibility index (Phi) is 4.48. The molecule has 2 aromatic carbocycles. The fourth-order valence-electron chi connectivity index (χ4n) is 1.80. The van der Waals surface area contributed by atoms with E-state index in [9.17, 15) is 9.59 Å². The molecule has 19 heavy (non-hydrogen) atoms. The van der Waals surface area contributed by atoms with Gasteiger partial charge in [0, 0.05) is 22.6 Å². The Morgan fingerprint density at radius 1 is 1.00 bits per heavy atom. The van der Waals surface area contributed by atoms with E-state index in [1.165, 1.54) is 0 Å². The van der Waals surface area contributed by atoms with Gasteiger partial charge in [-0.2, -0.15) is 0 Å². The van der Waals surface area contributed by atoms with Crippen LogP contribution in [0.4, 0.5) is 0 Å². The average molecular weight is 273 g/mol. The van der Waals surface area contributed by atoms with Crippen molar-refractivity contribution < 1.29 is 9.59 Å². The number of carbonyl (C=O) groups excluding carboxylic acids is 2. The molecule has 0 aliphatic rings. The second-order valence-corrected chi connectivity index (χ2v) is 4.73. The SMILES string of the molecule is O=Cc1ccc(C(=O)CCc2ccc(Cl)cc2)cc1. The quantitative estimate of drug-likeness (QED) is 0.610. The summed E-state index contributed by atoms with van der Waals surface area (Å²) in [5.41, 5.74) is 2.30. The van der Waals surface area contributed by atoms with Crippen LogP contribution in [0.25, 0.3) is 0 Å². The Balaban J connectivity index is 1.96. The highest BCUT2D eigenvalue weighted by Crippen LogP contribution is 2.13. The van der Waals surface area contributed by atoms with E-state index in [2.05, 4.69) is 0 Å². The number of aryl methyl sites for hydroxylation is 1. The van der Waals surface area contributed by atoms with E-state index in [1.807, 2.05) is 24.3 Å². The maximum atomic E-state index is 12.0. The molecule has 0 fully saturated rings. The van der Waals surface area contributed by atoms with Gasteiger partial charge in [0.05, 0.1) is 0 Å². The van der Waals surface area contributed by atoms with Gasteiger partial charge >= 0.3 is 0 Å². The fraction of sp³-hybridized carbons (Fsp3) is 0.125. The maximum absolute atomic E-state index is 12.0. The molecule has 0 aromatic heterocycles. The predicted molar refractivity (Wildman–Crippen MR) is 75.9 cm³/mol. The zero-order valence-electron chi connectivity index (χ0n) is 10.3. The molecule has 0 heterocycles. The van der Waals surface area contributed by atoms with Crippen LogP contribution in [0.15, 0.2) is 48.5 Å². The lowest BCUT2D eigenvalue weighted by Gasteiger charge is -2.02. The van der Waals surface area contributed by atoms with Crippen LogP contribution >= 0.6 is 11.6 Å². The first-order valence-electron chi connectivity index (χ1n) is 6.02. The van der Waals surface area contributed by atoms with Crippen LogP contribution in [0.5, 0.6) is 0 Å². The van der Waals surface area contributed by atoms with Crippen LogP contribution in [0.2, 0.25) is 5.02 Å². The third kappa shape index (κ3) is 3.76. The van der Waals surface area contributed by atoms with Gasteiger partial charge in [-0.25, -0.2) is 0 Å². The summed E-state index contributed by atoms with van der Waals surface area (Å²) in [6.45, 7) is 0. The van der Waals surface area contributed by atoms with Crippen LogP contribution < -0.4 is 0 Å². The summed E-state index contributed by atoms with van der Waals surface area (Å²) in [6.07, 6.45) is 1.90. The standard InChI is InChI=1S/C16H13ClO2/c17-15-8-3-12(4-9-15)5-10-16(19)14-6-1-13(11-18)2-7-14/h1-4,6-9,11H,5,10H2. The van der Waals surface area contributed by atoms with Crippen LogP contribution in [-0.4, -0.2) is 12.1 Å². The normalized spacial score (nSPS) is 10.2. The smallest absolute Gasteiger partial charge is 0.163 e. The molecule has 2 nitrogen and oxygen atoms in total. The molecule has 2 rings (SSSR count). The number of aldehydes is 1. The summed E-state index contributed by atoms with van der Waals surface area (Å²) in [5.74, 6) is 0.0763. The second-order valence-electron chi connectivity index (χ2n) is 4.29. The highest BCUT2D eigenvalue weighted by molar-refractivity contribution is 6.30. The van der Waals surface area contributed by atoms with E-state index >= 15 is 0 Å². The van der Waals surface area contributed by atoms with E-state index in [0.717, 1.165) is 11.8 Å². The van der Waals surface area contributed by atoms with Crippen molar-refractivity contribution in [2.75, 3.05) is 0 Å². The Bertz CT molecular complexity index is 571. The molecule has 3 heteroatoms. The highest BCUT2D eigenvalue weighted by atomic mass is 35.5. The summed E-state index contributed by atoms with van der Waals surface area (Å²) in [5, 5.41) is 0.694. The summed E-state index contributed by atoms with van der Waals surface area (Å²) in [7, 11) is 0. The molecule has 0 amide bonds. The maximum Gasteiger partial charge on any atom is 0.163 e. The number of rotatable bonds is 5. The molecule has 2 aromatic rings. The number of hydrogen-bond acceptors (Lipinski definition) is 2. The predicted octanol–water partition coefficient (Wildman–Crippen LogP) is 3.97. The van der Waals surface area contributed by atoms with Gasteiger partial charge in [0.25, 0.3) is 0 Å². The van der Waals surface area contributed by atoms with Crippen LogP contribution in [0.1, 0.15) is 32.7 Å². The van der Waals surface area contributed by atoms with Gasteiger partial charge in [-0.05, 0) is 24.1 Å². The summed E-state index contributed by atoms with van der Waals surface area (Å²) in [4.78, 5) is 22.5. The lowest BCUT2D eigenvalue weighted by Crippen LogP contribution is -2.01. The van der Waals surface area contributed by atoms with Crippen LogP contribution in [-0.2, 0) is 6.42 Å². The van der Waals surface area contributed by atoms with Crippen molar-refractivity contribution in [2.24, 2.45) is 0 Å². The molecule has 0 atom stereocenters. The van der Waals surface area contributed by atoms with Gasteiger partial charge < -0.3 is 0 Å². The molecule has 0 N–H and O–H groups in total. The Hall–Kier alpha value is -1.93. The number of hydrogen-bond donors (Lipinski definition) is 0. The lowest BCUT2D eigenvalue weighted by atomic mass is 10.0. The minimum absolute atomic E-state index is 0.0763. The van der Waals surface area contributed by atoms with Crippen LogP contribution in [0, 0.1) is 0 Å². The molecule has 0 radical (unpaired) electrons. The topological polar surface area (TPSA) is 34.1 Å². The number of benzene rings is 2. The number of Topliss-reactive ketones (excluding diaryl/α,β-unsaturated/α-hetero) is 1. The van der Waals surface area contributed by atoms with Gasteiger partial charge in [0.1, 0.15) is 6.29 Å². The minimum atomic E-state index is 0.0763. The van der Waals surface area contributed by atoms with Gasteiger partial charge in [-0.3, -0.25) is 9.59 Å². The Morgan fingerprint density at radius 3 is 2.21 bits per heavy atom. The molecular formula is C16H13ClO2. The van der Waals surface area contributed by atoms with Gasteiger partial charge in [0.15, 0.2) is 5.78 Å². The summed E-state index contributed by atoms with van der Waals surface area (Å²) >= 11 is 5.80. The first kappa shape index (κ1) is 13.5. The van der Waals surface area contributed by atoms with Gasteiger partial charge in [0.2, 0.25) is 0 Å². The molecule has 0 bridgehead atoms. The molecule has 0 unspecified atom stereocenters. The zero-order valence-corrected chi connectivity index (χ0v) is 11.1. The van der Waals surface area contributed by atoms with Gasteiger partial charge in [-0.15, -0.1) is 0 Å². The third-order valence-electron chi connectivity index (χ3n) is 2.92. The van der Waals surface area contributed by atoms with Crippen molar-refractivity contribution in [3.63, 3.8) is 0 Å². The van der Waals surface area contributed by atoms with E-state index in [-0.39, 0.29) is 5.78 Å². The Morgan fingerprint density at radius 2 is 1.63 bits per heavy atom. The van der Waals surface area contributed by atoms with Crippen molar-refractivity contribution in [1.82, 2.24) is 0 Å². The average Bonchev–Trinajstić information content (AvgIpc) is 2.46. The summed E-state index contributed by atoms with van der Waals surface area (Å²) < 4.78 is 0. The fourth-order valence-corrected chi connectivity index (χ4v) is 1.93. The molecule has 0 aliphatic heterocycles. The molecule has 96 valence electrons. The van der Waals surface area contributed by atoms with Crippen molar-refractivity contribution in [1.29, 1.82) is 0 Å². The third-order valence-corrected chi connectivity index (χ3v) is 3.17. The number of halogens is 1. The van der Waals surface area contributed by atoms with Crippen molar-refractivity contribution in [2.45, 2.75) is 12.8 Å². The van der Waals surface area contributed by atoms with Crippen molar-refractivity contribution in [3.05, 3.63) is 70.2 Å². The molecule has 0 saturated carbocycles. The van der Waals surface area contributed by atoms with Crippen molar-refractivity contribution >= 4 is 23.7 Å². The number of carbonyl (C=O) groups is 2. The lowest BCUT2D eigenvalue weighted by molar-refractivity contribution is 0.0982. The van der Waals surface area contributed by atoms with Gasteiger partial charge in [-0.1, -0.05) is 48.0 Å². The minimum Gasteiger partial charge on any atom is -0.298 e. The first-order chi connectivity index (χ1) is 9.19. The molecular weight excluding hydrogens is 260 g/mol. The summed E-state index contributed by atoms with van der Waals surface area (Å²) in [6, 6.07) is 14.2. The van der Waals surface area contributed by atoms with Crippen molar-refractivity contribution in [3.8, 4) is 0 Å². The Labute approximate surface area is 117 Å².